The van der Waals surface area contributed by atoms with Gasteiger partial charge in [0.25, 0.3) is 11.8 Å². The molecule has 0 aliphatic heterocycles. The first-order chi connectivity index (χ1) is 13.1. The summed E-state index contributed by atoms with van der Waals surface area (Å²) in [4.78, 5) is 24.6. The first-order valence-corrected chi connectivity index (χ1v) is 8.63. The van der Waals surface area contributed by atoms with E-state index in [2.05, 4.69) is 10.6 Å². The third kappa shape index (κ3) is 2.93. The van der Waals surface area contributed by atoms with Crippen LogP contribution in [0.2, 0.25) is 0 Å². The Morgan fingerprint density at radius 1 is 0.889 bits per heavy atom. The number of amides is 2. The molecule has 1 aromatic heterocycles. The molecule has 5 heteroatoms. The average molecular weight is 358 g/mol. The zero-order valence-electron chi connectivity index (χ0n) is 15.0. The van der Waals surface area contributed by atoms with Crippen molar-refractivity contribution < 1.29 is 14.0 Å². The summed E-state index contributed by atoms with van der Waals surface area (Å²) in [5.74, 6) is -0.286. The van der Waals surface area contributed by atoms with Crippen LogP contribution < -0.4 is 10.6 Å². The Hall–Kier alpha value is -3.60. The number of benzene rings is 3. The van der Waals surface area contributed by atoms with E-state index in [0.29, 0.717) is 16.8 Å². The Morgan fingerprint density at radius 2 is 1.70 bits per heavy atom. The lowest BCUT2D eigenvalue weighted by Gasteiger charge is -2.06. The smallest absolute Gasteiger partial charge is 0.291 e. The summed E-state index contributed by atoms with van der Waals surface area (Å²) in [6, 6.07) is 18.7. The number of furan rings is 1. The zero-order valence-corrected chi connectivity index (χ0v) is 15.0. The molecular weight excluding hydrogens is 340 g/mol. The van der Waals surface area contributed by atoms with Crippen molar-refractivity contribution in [3.05, 3.63) is 77.6 Å². The minimum atomic E-state index is -0.346. The Morgan fingerprint density at radius 3 is 2.52 bits per heavy atom. The van der Waals surface area contributed by atoms with Crippen LogP contribution >= 0.6 is 0 Å². The van der Waals surface area contributed by atoms with Gasteiger partial charge in [-0.2, -0.15) is 0 Å². The Bertz CT molecular complexity index is 1190. The molecule has 3 aromatic carbocycles. The van der Waals surface area contributed by atoms with Gasteiger partial charge in [0.1, 0.15) is 5.58 Å². The fraction of sp³-hybridized carbons (Fsp3) is 0.0909. The van der Waals surface area contributed by atoms with Crippen molar-refractivity contribution >= 4 is 39.2 Å². The van der Waals surface area contributed by atoms with Crippen LogP contribution in [-0.4, -0.2) is 18.9 Å². The van der Waals surface area contributed by atoms with Crippen LogP contribution in [0.3, 0.4) is 0 Å². The molecule has 0 atom stereocenters. The fourth-order valence-electron chi connectivity index (χ4n) is 3.24. The van der Waals surface area contributed by atoms with Gasteiger partial charge in [-0.3, -0.25) is 9.59 Å². The maximum absolute atomic E-state index is 12.8. The molecule has 0 bridgehead atoms. The van der Waals surface area contributed by atoms with Crippen LogP contribution in [0.15, 0.2) is 65.1 Å². The quantitative estimate of drug-likeness (QED) is 0.566. The first-order valence-electron chi connectivity index (χ1n) is 8.63. The summed E-state index contributed by atoms with van der Waals surface area (Å²) >= 11 is 0. The van der Waals surface area contributed by atoms with Gasteiger partial charge in [0, 0.05) is 34.6 Å². The number of aryl methyl sites for hydroxylation is 1. The van der Waals surface area contributed by atoms with Crippen molar-refractivity contribution in [3.63, 3.8) is 0 Å². The minimum absolute atomic E-state index is 0.211. The zero-order chi connectivity index (χ0) is 19.0. The lowest BCUT2D eigenvalue weighted by molar-refractivity contribution is 0.0960. The summed E-state index contributed by atoms with van der Waals surface area (Å²) in [6.07, 6.45) is 0. The van der Waals surface area contributed by atoms with E-state index in [4.69, 9.17) is 4.42 Å². The lowest BCUT2D eigenvalue weighted by Crippen LogP contribution is -2.18. The van der Waals surface area contributed by atoms with Gasteiger partial charge in [-0.25, -0.2) is 0 Å². The predicted octanol–water partition coefficient (Wildman–Crippen LogP) is 4.51. The van der Waals surface area contributed by atoms with Crippen molar-refractivity contribution in [1.82, 2.24) is 5.32 Å². The maximum atomic E-state index is 12.8. The molecule has 0 radical (unpaired) electrons. The summed E-state index contributed by atoms with van der Waals surface area (Å²) in [6.45, 7) is 1.87. The van der Waals surface area contributed by atoms with Gasteiger partial charge >= 0.3 is 0 Å². The Kier molecular flexibility index (Phi) is 4.12. The highest BCUT2D eigenvalue weighted by Crippen LogP contribution is 2.32. The van der Waals surface area contributed by atoms with Crippen molar-refractivity contribution in [1.29, 1.82) is 0 Å². The highest BCUT2D eigenvalue weighted by atomic mass is 16.3. The van der Waals surface area contributed by atoms with Crippen LogP contribution in [0, 0.1) is 6.92 Å². The molecule has 4 aromatic rings. The van der Waals surface area contributed by atoms with Gasteiger partial charge in [0.05, 0.1) is 0 Å². The van der Waals surface area contributed by atoms with Crippen molar-refractivity contribution in [2.75, 3.05) is 12.4 Å². The highest BCUT2D eigenvalue weighted by molar-refractivity contribution is 6.11. The summed E-state index contributed by atoms with van der Waals surface area (Å²) in [5.41, 5.74) is 2.50. The molecule has 0 aliphatic rings. The monoisotopic (exact) mass is 358 g/mol. The molecule has 2 amide bonds. The Labute approximate surface area is 156 Å². The van der Waals surface area contributed by atoms with E-state index in [1.807, 2.05) is 43.3 Å². The molecule has 4 rings (SSSR count). The summed E-state index contributed by atoms with van der Waals surface area (Å²) in [7, 11) is 1.57. The number of hydrogen-bond acceptors (Lipinski definition) is 3. The molecule has 5 nitrogen and oxygen atoms in total. The molecule has 0 unspecified atom stereocenters. The van der Waals surface area contributed by atoms with E-state index in [9.17, 15) is 9.59 Å². The first kappa shape index (κ1) is 16.8. The SMILES string of the molecule is CNC(=O)c1cccc(NC(=O)c2oc3c(ccc4ccccc43)c2C)c1. The standard InChI is InChI=1S/C22H18N2O3/c1-13-17-11-10-14-6-3-4-9-18(14)20(17)27-19(13)22(26)24-16-8-5-7-15(12-16)21(25)23-2/h3-12H,1-2H3,(H,23,25)(H,24,26). The van der Waals surface area contributed by atoms with Gasteiger partial charge in [0.15, 0.2) is 5.76 Å². The van der Waals surface area contributed by atoms with Crippen LogP contribution in [0.5, 0.6) is 0 Å². The second-order valence-electron chi connectivity index (χ2n) is 6.33. The largest absolute Gasteiger partial charge is 0.450 e. The number of carbonyl (C=O) groups is 2. The van der Waals surface area contributed by atoms with Gasteiger partial charge in [0.2, 0.25) is 0 Å². The van der Waals surface area contributed by atoms with Crippen molar-refractivity contribution in [2.45, 2.75) is 6.92 Å². The molecule has 0 fully saturated rings. The minimum Gasteiger partial charge on any atom is -0.450 e. The normalized spacial score (nSPS) is 10.9. The molecule has 2 N–H and O–H groups in total. The van der Waals surface area contributed by atoms with Crippen LogP contribution in [0.1, 0.15) is 26.5 Å². The van der Waals surface area contributed by atoms with E-state index < -0.39 is 0 Å². The van der Waals surface area contributed by atoms with E-state index in [0.717, 1.165) is 21.7 Å². The van der Waals surface area contributed by atoms with E-state index >= 15 is 0 Å². The molecule has 0 spiro atoms. The van der Waals surface area contributed by atoms with Gasteiger partial charge in [-0.15, -0.1) is 0 Å². The molecule has 0 aliphatic carbocycles. The molecule has 1 heterocycles. The second-order valence-corrected chi connectivity index (χ2v) is 6.33. The highest BCUT2D eigenvalue weighted by Gasteiger charge is 2.19. The van der Waals surface area contributed by atoms with Crippen LogP contribution in [-0.2, 0) is 0 Å². The van der Waals surface area contributed by atoms with E-state index in [1.54, 1.807) is 31.3 Å². The van der Waals surface area contributed by atoms with Crippen molar-refractivity contribution in [3.8, 4) is 0 Å². The van der Waals surface area contributed by atoms with Gasteiger partial charge < -0.3 is 15.1 Å². The summed E-state index contributed by atoms with van der Waals surface area (Å²) in [5, 5.41) is 8.33. The molecule has 134 valence electrons. The van der Waals surface area contributed by atoms with Gasteiger partial charge in [-0.1, -0.05) is 42.5 Å². The number of rotatable bonds is 3. The lowest BCUT2D eigenvalue weighted by atomic mass is 10.1. The summed E-state index contributed by atoms with van der Waals surface area (Å²) < 4.78 is 5.95. The maximum Gasteiger partial charge on any atom is 0.291 e. The Balaban J connectivity index is 1.72. The predicted molar refractivity (Wildman–Crippen MR) is 106 cm³/mol. The number of hydrogen-bond donors (Lipinski definition) is 2. The average Bonchev–Trinajstić information content (AvgIpc) is 3.05. The van der Waals surface area contributed by atoms with Crippen LogP contribution in [0.4, 0.5) is 5.69 Å². The van der Waals surface area contributed by atoms with Gasteiger partial charge in [-0.05, 0) is 30.5 Å². The van der Waals surface area contributed by atoms with E-state index in [1.165, 1.54) is 0 Å². The topological polar surface area (TPSA) is 71.3 Å². The molecule has 27 heavy (non-hydrogen) atoms. The second kappa shape index (κ2) is 6.61. The van der Waals surface area contributed by atoms with Crippen molar-refractivity contribution in [2.24, 2.45) is 0 Å². The number of nitrogens with one attached hydrogen (secondary N) is 2. The number of carbonyl (C=O) groups excluding carboxylic acids is 2. The third-order valence-corrected chi connectivity index (χ3v) is 4.64. The van der Waals surface area contributed by atoms with E-state index in [-0.39, 0.29) is 17.6 Å². The third-order valence-electron chi connectivity index (χ3n) is 4.64. The number of fused-ring (bicyclic) bond motifs is 3. The number of anilines is 1. The van der Waals surface area contributed by atoms with Crippen LogP contribution in [0.25, 0.3) is 21.7 Å². The molecular formula is C22H18N2O3. The molecule has 0 saturated heterocycles. The molecule has 0 saturated carbocycles. The fourth-order valence-corrected chi connectivity index (χ4v) is 3.24.